The van der Waals surface area contributed by atoms with Gasteiger partial charge in [0.15, 0.2) is 0 Å². The van der Waals surface area contributed by atoms with Crippen LogP contribution in [0, 0.1) is 0 Å². The van der Waals surface area contributed by atoms with Crippen LogP contribution < -0.4 is 9.80 Å². The molecule has 0 amide bonds. The van der Waals surface area contributed by atoms with Crippen LogP contribution in [-0.4, -0.2) is 40.3 Å². The summed E-state index contributed by atoms with van der Waals surface area (Å²) in [5.74, 6) is 0. The molecule has 0 aromatic heterocycles. The van der Waals surface area contributed by atoms with Crippen LogP contribution in [-0.2, 0) is 0 Å². The second-order valence-electron chi connectivity index (χ2n) is 7.29. The molecule has 140 valence electrons. The van der Waals surface area contributed by atoms with Gasteiger partial charge in [0.1, 0.15) is 0 Å². The fourth-order valence-electron chi connectivity index (χ4n) is 2.96. The predicted octanol–water partition coefficient (Wildman–Crippen LogP) is 5.14. The van der Waals surface area contributed by atoms with E-state index in [2.05, 4.69) is 92.9 Å². The Morgan fingerprint density at radius 1 is 0.667 bits per heavy atom. The van der Waals surface area contributed by atoms with E-state index in [-0.39, 0.29) is 12.1 Å². The molecule has 27 heavy (non-hydrogen) atoms. The molecule has 0 radical (unpaired) electrons. The van der Waals surface area contributed by atoms with Gasteiger partial charge in [-0.25, -0.2) is 0 Å². The first-order valence-electron chi connectivity index (χ1n) is 9.32. The quantitative estimate of drug-likeness (QED) is 0.714. The third-order valence-electron chi connectivity index (χ3n) is 4.69. The topological polar surface area (TPSA) is 31.2 Å². The number of nitrogens with zero attached hydrogens (tertiary/aromatic N) is 4. The summed E-state index contributed by atoms with van der Waals surface area (Å²) in [6.07, 6.45) is 9.49. The minimum atomic E-state index is 0.157. The van der Waals surface area contributed by atoms with E-state index in [1.807, 2.05) is 28.2 Å². The summed E-state index contributed by atoms with van der Waals surface area (Å²) in [5.41, 5.74) is 4.79. The van der Waals surface area contributed by atoms with Crippen LogP contribution in [0.2, 0.25) is 0 Å². The Kier molecular flexibility index (Phi) is 6.07. The maximum absolute atomic E-state index is 4.40. The van der Waals surface area contributed by atoms with Crippen molar-refractivity contribution < 1.29 is 0 Å². The number of anilines is 2. The lowest BCUT2D eigenvalue weighted by atomic mass is 10.1. The van der Waals surface area contributed by atoms with Gasteiger partial charge in [0.25, 0.3) is 0 Å². The standard InChI is InChI=1S/C23H28N4/c1-26(2)22-13-7-18(8-14-22)5-11-20-17-21(25-24-20)12-6-19-9-15-23(16-10-19)27(3)4/h5-16,20-21H,17H2,1-4H3. The molecular formula is C23H28N4. The maximum atomic E-state index is 4.40. The third-order valence-corrected chi connectivity index (χ3v) is 4.69. The number of benzene rings is 2. The molecule has 0 N–H and O–H groups in total. The van der Waals surface area contributed by atoms with E-state index in [0.29, 0.717) is 0 Å². The molecular weight excluding hydrogens is 332 g/mol. The van der Waals surface area contributed by atoms with Gasteiger partial charge in [0, 0.05) is 46.0 Å². The molecule has 2 aromatic carbocycles. The zero-order chi connectivity index (χ0) is 19.2. The zero-order valence-corrected chi connectivity index (χ0v) is 16.6. The Balaban J connectivity index is 1.53. The van der Waals surface area contributed by atoms with Gasteiger partial charge in [0.05, 0.1) is 12.1 Å². The molecule has 1 aliphatic heterocycles. The van der Waals surface area contributed by atoms with Crippen LogP contribution >= 0.6 is 0 Å². The van der Waals surface area contributed by atoms with E-state index in [1.165, 1.54) is 22.5 Å². The first-order chi connectivity index (χ1) is 13.0. The van der Waals surface area contributed by atoms with Crippen molar-refractivity contribution in [3.05, 3.63) is 71.8 Å². The van der Waals surface area contributed by atoms with Gasteiger partial charge >= 0.3 is 0 Å². The Bertz CT molecular complexity index is 745. The van der Waals surface area contributed by atoms with Crippen molar-refractivity contribution in [2.24, 2.45) is 10.2 Å². The van der Waals surface area contributed by atoms with Gasteiger partial charge in [-0.3, -0.25) is 0 Å². The van der Waals surface area contributed by atoms with Gasteiger partial charge < -0.3 is 9.80 Å². The van der Waals surface area contributed by atoms with Crippen LogP contribution in [0.1, 0.15) is 17.5 Å². The molecule has 0 saturated carbocycles. The molecule has 0 spiro atoms. The lowest BCUT2D eigenvalue weighted by molar-refractivity contribution is 0.769. The van der Waals surface area contributed by atoms with Crippen molar-refractivity contribution in [1.29, 1.82) is 0 Å². The van der Waals surface area contributed by atoms with Crippen LogP contribution in [0.15, 0.2) is 70.9 Å². The molecule has 4 heteroatoms. The third kappa shape index (κ3) is 5.30. The minimum absolute atomic E-state index is 0.157. The molecule has 1 aliphatic rings. The summed E-state index contributed by atoms with van der Waals surface area (Å²) in [7, 11) is 8.20. The normalized spacial score (nSPS) is 19.3. The Labute approximate surface area is 162 Å². The molecule has 4 nitrogen and oxygen atoms in total. The fraction of sp³-hybridized carbons (Fsp3) is 0.304. The Hall–Kier alpha value is -2.88. The summed E-state index contributed by atoms with van der Waals surface area (Å²) >= 11 is 0. The van der Waals surface area contributed by atoms with E-state index in [9.17, 15) is 0 Å². The van der Waals surface area contributed by atoms with Crippen molar-refractivity contribution in [2.75, 3.05) is 38.0 Å². The lowest BCUT2D eigenvalue weighted by Crippen LogP contribution is -2.08. The van der Waals surface area contributed by atoms with Gasteiger partial charge in [-0.1, -0.05) is 48.6 Å². The van der Waals surface area contributed by atoms with Crippen molar-refractivity contribution in [2.45, 2.75) is 18.5 Å². The van der Waals surface area contributed by atoms with Crippen molar-refractivity contribution >= 4 is 23.5 Å². The first kappa shape index (κ1) is 18.9. The molecule has 0 aliphatic carbocycles. The van der Waals surface area contributed by atoms with Crippen molar-refractivity contribution in [3.8, 4) is 0 Å². The highest BCUT2D eigenvalue weighted by Crippen LogP contribution is 2.21. The Morgan fingerprint density at radius 3 is 1.37 bits per heavy atom. The number of hydrogen-bond acceptors (Lipinski definition) is 4. The summed E-state index contributed by atoms with van der Waals surface area (Å²) in [6.45, 7) is 0. The molecule has 2 aromatic rings. The second kappa shape index (κ2) is 8.67. The number of rotatable bonds is 6. The van der Waals surface area contributed by atoms with E-state index in [4.69, 9.17) is 0 Å². The lowest BCUT2D eigenvalue weighted by Gasteiger charge is -2.11. The van der Waals surface area contributed by atoms with Crippen LogP contribution in [0.25, 0.3) is 12.2 Å². The monoisotopic (exact) mass is 360 g/mol. The highest BCUT2D eigenvalue weighted by molar-refractivity contribution is 5.57. The Morgan fingerprint density at radius 2 is 1.04 bits per heavy atom. The highest BCUT2D eigenvalue weighted by Gasteiger charge is 2.17. The second-order valence-corrected chi connectivity index (χ2v) is 7.29. The molecule has 1 heterocycles. The van der Waals surface area contributed by atoms with Crippen molar-refractivity contribution in [3.63, 3.8) is 0 Å². The van der Waals surface area contributed by atoms with Gasteiger partial charge in [-0.05, 0) is 35.4 Å². The van der Waals surface area contributed by atoms with Gasteiger partial charge in [-0.15, -0.1) is 0 Å². The molecule has 2 unspecified atom stereocenters. The van der Waals surface area contributed by atoms with E-state index >= 15 is 0 Å². The molecule has 0 saturated heterocycles. The smallest absolute Gasteiger partial charge is 0.0916 e. The van der Waals surface area contributed by atoms with Crippen LogP contribution in [0.3, 0.4) is 0 Å². The molecule has 2 atom stereocenters. The summed E-state index contributed by atoms with van der Waals surface area (Å²) in [5, 5.41) is 8.80. The average molecular weight is 361 g/mol. The minimum Gasteiger partial charge on any atom is -0.378 e. The largest absolute Gasteiger partial charge is 0.378 e. The summed E-state index contributed by atoms with van der Waals surface area (Å²) in [4.78, 5) is 4.20. The SMILES string of the molecule is CN(C)c1ccc(C=CC2CC(C=Cc3ccc(N(C)C)cc3)N=N2)cc1. The average Bonchev–Trinajstić information content (AvgIpc) is 3.13. The van der Waals surface area contributed by atoms with E-state index in [1.54, 1.807) is 0 Å². The number of hydrogen-bond donors (Lipinski definition) is 0. The number of azo groups is 1. The summed E-state index contributed by atoms with van der Waals surface area (Å²) < 4.78 is 0. The predicted molar refractivity (Wildman–Crippen MR) is 117 cm³/mol. The maximum Gasteiger partial charge on any atom is 0.0916 e. The first-order valence-corrected chi connectivity index (χ1v) is 9.32. The molecule has 0 fully saturated rings. The van der Waals surface area contributed by atoms with E-state index < -0.39 is 0 Å². The van der Waals surface area contributed by atoms with Crippen molar-refractivity contribution in [1.82, 2.24) is 0 Å². The van der Waals surface area contributed by atoms with Gasteiger partial charge in [-0.2, -0.15) is 10.2 Å². The van der Waals surface area contributed by atoms with E-state index in [0.717, 1.165) is 6.42 Å². The zero-order valence-electron chi connectivity index (χ0n) is 16.6. The highest BCUT2D eigenvalue weighted by atomic mass is 15.2. The van der Waals surface area contributed by atoms with Crippen LogP contribution in [0.5, 0.6) is 0 Å². The fourth-order valence-corrected chi connectivity index (χ4v) is 2.96. The molecule has 0 bridgehead atoms. The molecule has 3 rings (SSSR count). The van der Waals surface area contributed by atoms with Gasteiger partial charge in [0.2, 0.25) is 0 Å². The summed E-state index contributed by atoms with van der Waals surface area (Å²) in [6, 6.07) is 17.4. The van der Waals surface area contributed by atoms with Crippen LogP contribution in [0.4, 0.5) is 11.4 Å².